The van der Waals surface area contributed by atoms with E-state index in [4.69, 9.17) is 9.57 Å². The lowest BCUT2D eigenvalue weighted by atomic mass is 9.74. The molecule has 2 aliphatic rings. The molecule has 0 bridgehead atoms. The van der Waals surface area contributed by atoms with Gasteiger partial charge in [-0.1, -0.05) is 45.0 Å². The van der Waals surface area contributed by atoms with E-state index in [-0.39, 0.29) is 11.2 Å². The average Bonchev–Trinajstić information content (AvgIpc) is 2.54. The van der Waals surface area contributed by atoms with E-state index < -0.39 is 0 Å². The summed E-state index contributed by atoms with van der Waals surface area (Å²) < 4.78 is 5.48. The number of nitrogens with zero attached hydrogens (tertiary/aromatic N) is 2. The van der Waals surface area contributed by atoms with Crippen molar-refractivity contribution in [3.63, 3.8) is 0 Å². The maximum Gasteiger partial charge on any atom is 0.167 e. The van der Waals surface area contributed by atoms with E-state index in [1.807, 2.05) is 0 Å². The highest BCUT2D eigenvalue weighted by atomic mass is 16.6. The molecule has 0 aromatic heterocycles. The second kappa shape index (κ2) is 8.47. The van der Waals surface area contributed by atoms with Crippen molar-refractivity contribution in [1.29, 1.82) is 0 Å². The molecule has 0 unspecified atom stereocenters. The van der Waals surface area contributed by atoms with Gasteiger partial charge in [0, 0.05) is 25.2 Å². The molecule has 1 aliphatic heterocycles. The Labute approximate surface area is 145 Å². The van der Waals surface area contributed by atoms with Gasteiger partial charge in [-0.05, 0) is 18.3 Å². The van der Waals surface area contributed by atoms with Crippen LogP contribution in [0.15, 0.2) is 29.1 Å². The summed E-state index contributed by atoms with van der Waals surface area (Å²) in [6.07, 6.45) is 4.77. The molecule has 2 rings (SSSR count). The standard InChI is InChI=1S/C19H30N2O3/c1-5-7-15(20-24-10-6-2)18-16(21-8-11-23-12-9-21)13-19(3,4)14-17(18)22/h6H,2,5,7-14H2,1,3-4H3/b20-15-. The third kappa shape index (κ3) is 4.69. The van der Waals surface area contributed by atoms with Crippen LogP contribution >= 0.6 is 0 Å². The number of morpholine rings is 1. The van der Waals surface area contributed by atoms with Crippen LogP contribution in [0, 0.1) is 5.41 Å². The number of hydrogen-bond acceptors (Lipinski definition) is 5. The molecule has 134 valence electrons. The Morgan fingerprint density at radius 3 is 2.71 bits per heavy atom. The molecule has 1 heterocycles. The normalized spacial score (nSPS) is 21.9. The molecule has 1 aliphatic carbocycles. The van der Waals surface area contributed by atoms with Gasteiger partial charge in [-0.3, -0.25) is 4.79 Å². The lowest BCUT2D eigenvalue weighted by Crippen LogP contribution is -2.41. The molecule has 0 aromatic rings. The Morgan fingerprint density at radius 1 is 1.38 bits per heavy atom. The topological polar surface area (TPSA) is 51.1 Å². The van der Waals surface area contributed by atoms with Gasteiger partial charge in [0.05, 0.1) is 24.5 Å². The van der Waals surface area contributed by atoms with Gasteiger partial charge in [0.25, 0.3) is 0 Å². The first-order valence-corrected chi connectivity index (χ1v) is 8.87. The molecule has 0 saturated carbocycles. The number of hydrogen-bond donors (Lipinski definition) is 0. The van der Waals surface area contributed by atoms with Crippen LogP contribution in [0.2, 0.25) is 0 Å². The van der Waals surface area contributed by atoms with Crippen LogP contribution in [-0.2, 0) is 14.4 Å². The smallest absolute Gasteiger partial charge is 0.167 e. The lowest BCUT2D eigenvalue weighted by molar-refractivity contribution is -0.118. The van der Waals surface area contributed by atoms with E-state index in [2.05, 4.69) is 37.4 Å². The Kier molecular flexibility index (Phi) is 6.60. The zero-order valence-electron chi connectivity index (χ0n) is 15.3. The largest absolute Gasteiger partial charge is 0.391 e. The number of oxime groups is 1. The summed E-state index contributed by atoms with van der Waals surface area (Å²) in [7, 11) is 0. The SMILES string of the molecule is C=CCO/N=C(/CCC)C1=C(N2CCOCC2)CC(C)(C)CC1=O. The van der Waals surface area contributed by atoms with Crippen LogP contribution in [0.25, 0.3) is 0 Å². The summed E-state index contributed by atoms with van der Waals surface area (Å²) in [6, 6.07) is 0. The molecule has 5 heteroatoms. The van der Waals surface area contributed by atoms with Crippen molar-refractivity contribution in [2.45, 2.75) is 46.5 Å². The second-order valence-electron chi connectivity index (χ2n) is 7.23. The first-order valence-electron chi connectivity index (χ1n) is 8.87. The number of Topliss-reactive ketones (excluding diaryl/α,β-unsaturated/α-hetero) is 1. The van der Waals surface area contributed by atoms with Crippen molar-refractivity contribution in [3.05, 3.63) is 23.9 Å². The quantitative estimate of drug-likeness (QED) is 0.310. The molecular weight excluding hydrogens is 304 g/mol. The zero-order chi connectivity index (χ0) is 17.6. The highest BCUT2D eigenvalue weighted by Crippen LogP contribution is 2.39. The highest BCUT2D eigenvalue weighted by molar-refractivity contribution is 6.23. The van der Waals surface area contributed by atoms with Gasteiger partial charge >= 0.3 is 0 Å². The second-order valence-corrected chi connectivity index (χ2v) is 7.23. The number of allylic oxidation sites excluding steroid dienone is 2. The number of ketones is 1. The summed E-state index contributed by atoms with van der Waals surface area (Å²) in [5.41, 5.74) is 2.66. The maximum absolute atomic E-state index is 12.9. The molecule has 5 nitrogen and oxygen atoms in total. The predicted octanol–water partition coefficient (Wildman–Crippen LogP) is 3.32. The van der Waals surface area contributed by atoms with Gasteiger partial charge in [-0.2, -0.15) is 0 Å². The highest BCUT2D eigenvalue weighted by Gasteiger charge is 2.37. The van der Waals surface area contributed by atoms with E-state index in [1.54, 1.807) is 6.08 Å². The first kappa shape index (κ1) is 18.7. The van der Waals surface area contributed by atoms with Crippen LogP contribution in [0.1, 0.15) is 46.5 Å². The molecule has 0 radical (unpaired) electrons. The number of carbonyl (C=O) groups excluding carboxylic acids is 1. The van der Waals surface area contributed by atoms with E-state index in [1.165, 1.54) is 0 Å². The third-order valence-corrected chi connectivity index (χ3v) is 4.39. The van der Waals surface area contributed by atoms with Gasteiger partial charge in [0.1, 0.15) is 6.61 Å². The van der Waals surface area contributed by atoms with Crippen molar-refractivity contribution < 1.29 is 14.4 Å². The Hall–Kier alpha value is -1.62. The number of carbonyl (C=O) groups is 1. The minimum Gasteiger partial charge on any atom is -0.391 e. The van der Waals surface area contributed by atoms with E-state index in [0.29, 0.717) is 26.2 Å². The Balaban J connectivity index is 2.42. The van der Waals surface area contributed by atoms with Crippen molar-refractivity contribution in [3.8, 4) is 0 Å². The molecule has 0 atom stereocenters. The van der Waals surface area contributed by atoms with Gasteiger partial charge in [0.2, 0.25) is 0 Å². The maximum atomic E-state index is 12.9. The van der Waals surface area contributed by atoms with Gasteiger partial charge in [0.15, 0.2) is 5.78 Å². The van der Waals surface area contributed by atoms with E-state index >= 15 is 0 Å². The average molecular weight is 334 g/mol. The van der Waals surface area contributed by atoms with Gasteiger partial charge in [-0.15, -0.1) is 0 Å². The Morgan fingerprint density at radius 2 is 2.08 bits per heavy atom. The summed E-state index contributed by atoms with van der Waals surface area (Å²) in [6.45, 7) is 13.5. The summed E-state index contributed by atoms with van der Waals surface area (Å²) in [5, 5.41) is 4.28. The van der Waals surface area contributed by atoms with Crippen LogP contribution in [-0.4, -0.2) is 49.3 Å². The fourth-order valence-electron chi connectivity index (χ4n) is 3.34. The molecular formula is C19H30N2O3. The summed E-state index contributed by atoms with van der Waals surface area (Å²) in [4.78, 5) is 20.6. The van der Waals surface area contributed by atoms with Crippen LogP contribution in [0.5, 0.6) is 0 Å². The van der Waals surface area contributed by atoms with Crippen LogP contribution < -0.4 is 0 Å². The fourth-order valence-corrected chi connectivity index (χ4v) is 3.34. The lowest BCUT2D eigenvalue weighted by Gasteiger charge is -2.40. The number of ether oxygens (including phenoxy) is 1. The molecule has 0 spiro atoms. The molecule has 1 fully saturated rings. The third-order valence-electron chi connectivity index (χ3n) is 4.39. The monoisotopic (exact) mass is 334 g/mol. The predicted molar refractivity (Wildman–Crippen MR) is 95.9 cm³/mol. The van der Waals surface area contributed by atoms with Crippen LogP contribution in [0.3, 0.4) is 0 Å². The number of rotatable bonds is 7. The van der Waals surface area contributed by atoms with Crippen molar-refractivity contribution >= 4 is 11.5 Å². The summed E-state index contributed by atoms with van der Waals surface area (Å²) in [5.74, 6) is 0.183. The molecule has 1 saturated heterocycles. The molecule has 24 heavy (non-hydrogen) atoms. The summed E-state index contributed by atoms with van der Waals surface area (Å²) >= 11 is 0. The van der Waals surface area contributed by atoms with Crippen LogP contribution in [0.4, 0.5) is 0 Å². The molecule has 0 amide bonds. The van der Waals surface area contributed by atoms with Crippen molar-refractivity contribution in [2.24, 2.45) is 10.6 Å². The van der Waals surface area contributed by atoms with E-state index in [9.17, 15) is 4.79 Å². The van der Waals surface area contributed by atoms with Crippen molar-refractivity contribution in [2.75, 3.05) is 32.9 Å². The molecule has 0 N–H and O–H groups in total. The minimum atomic E-state index is -0.0203. The van der Waals surface area contributed by atoms with Gasteiger partial charge < -0.3 is 14.5 Å². The van der Waals surface area contributed by atoms with Gasteiger partial charge in [-0.25, -0.2) is 0 Å². The molecule has 0 aromatic carbocycles. The van der Waals surface area contributed by atoms with Crippen molar-refractivity contribution in [1.82, 2.24) is 4.90 Å². The van der Waals surface area contributed by atoms with E-state index in [0.717, 1.165) is 49.3 Å². The fraction of sp³-hybridized carbons (Fsp3) is 0.684. The Bertz CT molecular complexity index is 529. The first-order chi connectivity index (χ1) is 11.5. The zero-order valence-corrected chi connectivity index (χ0v) is 15.3. The minimum absolute atomic E-state index is 0.0203.